The molecule has 4 nitrogen and oxygen atoms in total. The first-order chi connectivity index (χ1) is 7.54. The van der Waals surface area contributed by atoms with E-state index in [4.69, 9.17) is 0 Å². The molecule has 0 aromatic carbocycles. The van der Waals surface area contributed by atoms with E-state index in [9.17, 15) is 4.79 Å². The van der Waals surface area contributed by atoms with Gasteiger partial charge in [-0.05, 0) is 19.1 Å². The molecule has 0 aliphatic rings. The number of esters is 1. The lowest BCUT2D eigenvalue weighted by molar-refractivity contribution is 0.0600. The third kappa shape index (κ3) is 3.08. The van der Waals surface area contributed by atoms with Gasteiger partial charge in [0, 0.05) is 19.8 Å². The van der Waals surface area contributed by atoms with Crippen molar-refractivity contribution in [2.24, 2.45) is 0 Å². The lowest BCUT2D eigenvalue weighted by Gasteiger charge is -2.18. The number of hydrogen-bond acceptors (Lipinski definition) is 4. The van der Waals surface area contributed by atoms with Crippen LogP contribution in [0.1, 0.15) is 17.3 Å². The Kier molecular flexibility index (Phi) is 4.05. The van der Waals surface area contributed by atoms with Gasteiger partial charge in [0.25, 0.3) is 0 Å². The first-order valence-electron chi connectivity index (χ1n) is 4.94. The monoisotopic (exact) mass is 220 g/mol. The van der Waals surface area contributed by atoms with Crippen LogP contribution in [0.2, 0.25) is 0 Å². The van der Waals surface area contributed by atoms with Crippen molar-refractivity contribution in [1.82, 2.24) is 4.98 Å². The second-order valence-corrected chi connectivity index (χ2v) is 3.71. The molecular weight excluding hydrogens is 204 g/mol. The molecule has 0 saturated carbocycles. The maximum atomic E-state index is 11.3. The molecule has 86 valence electrons. The number of rotatable bonds is 4. The Morgan fingerprint density at radius 1 is 1.62 bits per heavy atom. The van der Waals surface area contributed by atoms with Gasteiger partial charge in [-0.1, -0.05) is 12.2 Å². The van der Waals surface area contributed by atoms with Crippen molar-refractivity contribution in [2.45, 2.75) is 6.92 Å². The minimum absolute atomic E-state index is 0.354. The molecule has 0 unspecified atom stereocenters. The molecule has 1 rings (SSSR count). The summed E-state index contributed by atoms with van der Waals surface area (Å²) < 4.78 is 4.65. The summed E-state index contributed by atoms with van der Waals surface area (Å²) in [5, 5.41) is 0. The Morgan fingerprint density at radius 2 is 2.31 bits per heavy atom. The van der Waals surface area contributed by atoms with Crippen LogP contribution in [0.4, 0.5) is 5.82 Å². The SMILES string of the molecule is C=C(C)CN(C)c1cc(C(=O)OC)ccn1. The molecule has 0 N–H and O–H groups in total. The number of methoxy groups -OCH3 is 1. The largest absolute Gasteiger partial charge is 0.465 e. The van der Waals surface area contributed by atoms with E-state index in [2.05, 4.69) is 16.3 Å². The van der Waals surface area contributed by atoms with Crippen molar-refractivity contribution in [3.05, 3.63) is 36.0 Å². The highest BCUT2D eigenvalue weighted by Gasteiger charge is 2.08. The minimum atomic E-state index is -0.354. The van der Waals surface area contributed by atoms with E-state index in [-0.39, 0.29) is 5.97 Å². The molecule has 0 aliphatic carbocycles. The number of ether oxygens (including phenoxy) is 1. The van der Waals surface area contributed by atoms with Crippen molar-refractivity contribution < 1.29 is 9.53 Å². The van der Waals surface area contributed by atoms with Gasteiger partial charge < -0.3 is 9.64 Å². The summed E-state index contributed by atoms with van der Waals surface area (Å²) in [5.41, 5.74) is 1.54. The second kappa shape index (κ2) is 5.30. The van der Waals surface area contributed by atoms with E-state index in [1.54, 1.807) is 18.3 Å². The number of anilines is 1. The Balaban J connectivity index is 2.89. The Hall–Kier alpha value is -1.84. The van der Waals surface area contributed by atoms with Crippen molar-refractivity contribution >= 4 is 11.8 Å². The quantitative estimate of drug-likeness (QED) is 0.574. The number of carbonyl (C=O) groups excluding carboxylic acids is 1. The molecule has 16 heavy (non-hydrogen) atoms. The van der Waals surface area contributed by atoms with E-state index in [1.807, 2.05) is 18.9 Å². The normalized spacial score (nSPS) is 9.69. The molecule has 0 amide bonds. The molecule has 0 fully saturated rings. The zero-order valence-electron chi connectivity index (χ0n) is 9.86. The van der Waals surface area contributed by atoms with Crippen LogP contribution in [0.15, 0.2) is 30.5 Å². The minimum Gasteiger partial charge on any atom is -0.465 e. The van der Waals surface area contributed by atoms with Crippen LogP contribution in [-0.4, -0.2) is 31.7 Å². The van der Waals surface area contributed by atoms with Gasteiger partial charge in [-0.15, -0.1) is 0 Å². The first-order valence-corrected chi connectivity index (χ1v) is 4.94. The van der Waals surface area contributed by atoms with Crippen LogP contribution in [0, 0.1) is 0 Å². The van der Waals surface area contributed by atoms with Crippen LogP contribution >= 0.6 is 0 Å². The lowest BCUT2D eigenvalue weighted by Crippen LogP contribution is -2.20. The predicted octanol–water partition coefficient (Wildman–Crippen LogP) is 1.88. The van der Waals surface area contributed by atoms with E-state index < -0.39 is 0 Å². The molecule has 0 bridgehead atoms. The molecule has 0 saturated heterocycles. The summed E-state index contributed by atoms with van der Waals surface area (Å²) in [7, 11) is 3.26. The fourth-order valence-corrected chi connectivity index (χ4v) is 1.36. The first kappa shape index (κ1) is 12.2. The van der Waals surface area contributed by atoms with E-state index in [0.29, 0.717) is 12.1 Å². The fraction of sp³-hybridized carbons (Fsp3) is 0.333. The summed E-state index contributed by atoms with van der Waals surface area (Å²) in [6, 6.07) is 3.33. The third-order valence-corrected chi connectivity index (χ3v) is 2.06. The summed E-state index contributed by atoms with van der Waals surface area (Å²) in [6.45, 7) is 6.48. The van der Waals surface area contributed by atoms with Crippen LogP contribution in [-0.2, 0) is 4.74 Å². The number of hydrogen-bond donors (Lipinski definition) is 0. The van der Waals surface area contributed by atoms with Gasteiger partial charge in [-0.25, -0.2) is 9.78 Å². The van der Waals surface area contributed by atoms with Crippen molar-refractivity contribution in [3.63, 3.8) is 0 Å². The highest BCUT2D eigenvalue weighted by molar-refractivity contribution is 5.90. The highest BCUT2D eigenvalue weighted by Crippen LogP contribution is 2.12. The lowest BCUT2D eigenvalue weighted by atomic mass is 10.2. The molecule has 4 heteroatoms. The molecule has 0 aliphatic heterocycles. The van der Waals surface area contributed by atoms with Gasteiger partial charge in [0.15, 0.2) is 0 Å². The molecule has 1 aromatic rings. The predicted molar refractivity (Wildman–Crippen MR) is 63.7 cm³/mol. The Labute approximate surface area is 95.6 Å². The summed E-state index contributed by atoms with van der Waals surface area (Å²) >= 11 is 0. The van der Waals surface area contributed by atoms with Gasteiger partial charge in [0.05, 0.1) is 12.7 Å². The number of carbonyl (C=O) groups is 1. The molecule has 1 heterocycles. The fourth-order valence-electron chi connectivity index (χ4n) is 1.36. The smallest absolute Gasteiger partial charge is 0.338 e. The summed E-state index contributed by atoms with van der Waals surface area (Å²) in [5.74, 6) is 0.373. The maximum Gasteiger partial charge on any atom is 0.338 e. The number of nitrogens with zero attached hydrogens (tertiary/aromatic N) is 2. The number of likely N-dealkylation sites (N-methyl/N-ethyl adjacent to an activating group) is 1. The van der Waals surface area contributed by atoms with E-state index in [1.165, 1.54) is 7.11 Å². The topological polar surface area (TPSA) is 42.4 Å². The summed E-state index contributed by atoms with van der Waals surface area (Å²) in [4.78, 5) is 17.4. The molecular formula is C12H16N2O2. The van der Waals surface area contributed by atoms with Gasteiger partial charge >= 0.3 is 5.97 Å². The number of pyridine rings is 1. The van der Waals surface area contributed by atoms with Gasteiger partial charge in [0.2, 0.25) is 0 Å². The van der Waals surface area contributed by atoms with E-state index in [0.717, 1.165) is 11.4 Å². The standard InChI is InChI=1S/C12H16N2O2/c1-9(2)8-14(3)11-7-10(5-6-13-11)12(15)16-4/h5-7H,1,8H2,2-4H3. The zero-order valence-corrected chi connectivity index (χ0v) is 9.86. The van der Waals surface area contributed by atoms with Crippen molar-refractivity contribution in [2.75, 3.05) is 25.6 Å². The average Bonchev–Trinajstić information content (AvgIpc) is 2.27. The van der Waals surface area contributed by atoms with Crippen LogP contribution in [0.25, 0.3) is 0 Å². The zero-order chi connectivity index (χ0) is 12.1. The summed E-state index contributed by atoms with van der Waals surface area (Å²) in [6.07, 6.45) is 1.59. The Bertz CT molecular complexity index is 402. The maximum absolute atomic E-state index is 11.3. The van der Waals surface area contributed by atoms with Crippen LogP contribution in [0.5, 0.6) is 0 Å². The molecule has 1 aromatic heterocycles. The molecule has 0 atom stereocenters. The van der Waals surface area contributed by atoms with Crippen LogP contribution in [0.3, 0.4) is 0 Å². The number of aromatic nitrogens is 1. The van der Waals surface area contributed by atoms with Gasteiger partial charge in [-0.2, -0.15) is 0 Å². The van der Waals surface area contributed by atoms with Gasteiger partial charge in [-0.3, -0.25) is 0 Å². The van der Waals surface area contributed by atoms with Crippen LogP contribution < -0.4 is 4.90 Å². The van der Waals surface area contributed by atoms with Gasteiger partial charge in [0.1, 0.15) is 5.82 Å². The highest BCUT2D eigenvalue weighted by atomic mass is 16.5. The molecule has 0 spiro atoms. The van der Waals surface area contributed by atoms with Crippen molar-refractivity contribution in [1.29, 1.82) is 0 Å². The van der Waals surface area contributed by atoms with Crippen molar-refractivity contribution in [3.8, 4) is 0 Å². The third-order valence-electron chi connectivity index (χ3n) is 2.06. The second-order valence-electron chi connectivity index (χ2n) is 3.71. The average molecular weight is 220 g/mol. The molecule has 0 radical (unpaired) electrons. The Morgan fingerprint density at radius 3 is 2.88 bits per heavy atom. The van der Waals surface area contributed by atoms with E-state index >= 15 is 0 Å².